The topological polar surface area (TPSA) is 189 Å². The molecule has 48 heavy (non-hydrogen) atoms. The van der Waals surface area contributed by atoms with Crippen molar-refractivity contribution < 1.29 is 33.5 Å². The predicted molar refractivity (Wildman–Crippen MR) is 174 cm³/mol. The van der Waals surface area contributed by atoms with Gasteiger partial charge in [0.25, 0.3) is 23.6 Å². The van der Waals surface area contributed by atoms with E-state index in [-0.39, 0.29) is 55.5 Å². The Morgan fingerprint density at radius 2 is 1.67 bits per heavy atom. The minimum absolute atomic E-state index is 0.0431. The monoisotopic (exact) mass is 667 g/mol. The van der Waals surface area contributed by atoms with Gasteiger partial charge >= 0.3 is 0 Å². The number of nitrogens with zero attached hydrogens (tertiary/aromatic N) is 3. The molecule has 14 nitrogen and oxygen atoms in total. The molecule has 0 spiro atoms. The van der Waals surface area contributed by atoms with Crippen LogP contribution in [-0.2, 0) is 14.3 Å². The second-order valence-corrected chi connectivity index (χ2v) is 11.6. The normalized spacial score (nSPS) is 15.6. The summed E-state index contributed by atoms with van der Waals surface area (Å²) in [7, 11) is 0. The van der Waals surface area contributed by atoms with Crippen LogP contribution in [0.5, 0.6) is 0 Å². The number of pyridine rings is 1. The van der Waals surface area contributed by atoms with E-state index in [2.05, 4.69) is 31.2 Å². The smallest absolute Gasteiger partial charge is 0.264 e. The predicted octanol–water partition coefficient (Wildman–Crippen LogP) is 2.72. The Bertz CT molecular complexity index is 1900. The lowest BCUT2D eigenvalue weighted by molar-refractivity contribution is -0.136. The lowest BCUT2D eigenvalue weighted by atomic mass is 10.0. The Kier molecular flexibility index (Phi) is 9.59. The molecule has 1 atom stereocenters. The molecule has 244 valence electrons. The van der Waals surface area contributed by atoms with Gasteiger partial charge in [-0.3, -0.25) is 49.3 Å². The summed E-state index contributed by atoms with van der Waals surface area (Å²) in [4.78, 5) is 84.8. The molecule has 6 rings (SSSR count). The van der Waals surface area contributed by atoms with Gasteiger partial charge in [0.1, 0.15) is 11.7 Å². The second-order valence-electron chi connectivity index (χ2n) is 10.8. The molecule has 4 heterocycles. The van der Waals surface area contributed by atoms with E-state index < -0.39 is 29.7 Å². The fraction of sp³-hybridized carbons (Fsp3) is 0.212. The van der Waals surface area contributed by atoms with Gasteiger partial charge in [0.05, 0.1) is 30.0 Å². The molecular weight excluding hydrogens is 638 g/mol. The molecule has 4 aromatic rings. The third kappa shape index (κ3) is 6.96. The summed E-state index contributed by atoms with van der Waals surface area (Å²) >= 11 is 1.29. The molecule has 1 saturated heterocycles. The fourth-order valence-corrected chi connectivity index (χ4v) is 5.97. The fourth-order valence-electron chi connectivity index (χ4n) is 5.27. The number of fused-ring (bicyclic) bond motifs is 1. The number of hydrogen-bond donors (Lipinski definition) is 4. The molecule has 2 aliphatic heterocycles. The first-order valence-corrected chi connectivity index (χ1v) is 15.9. The zero-order valence-electron chi connectivity index (χ0n) is 25.4. The summed E-state index contributed by atoms with van der Waals surface area (Å²) < 4.78 is 5.60. The highest BCUT2D eigenvalue weighted by atomic mass is 32.1. The molecule has 0 radical (unpaired) electrons. The van der Waals surface area contributed by atoms with Crippen LogP contribution in [0.2, 0.25) is 0 Å². The van der Waals surface area contributed by atoms with Gasteiger partial charge in [-0.2, -0.15) is 0 Å². The van der Waals surface area contributed by atoms with Crippen LogP contribution < -0.4 is 21.3 Å². The van der Waals surface area contributed by atoms with E-state index in [1.165, 1.54) is 17.4 Å². The first-order chi connectivity index (χ1) is 23.3. The molecule has 6 amide bonds. The Balaban J connectivity index is 0.919. The van der Waals surface area contributed by atoms with Gasteiger partial charge in [0, 0.05) is 47.9 Å². The highest BCUT2D eigenvalue weighted by Gasteiger charge is 2.45. The van der Waals surface area contributed by atoms with Crippen molar-refractivity contribution >= 4 is 57.6 Å². The summed E-state index contributed by atoms with van der Waals surface area (Å²) in [5.41, 5.74) is 2.90. The molecule has 2 aliphatic rings. The number of carbonyl (C=O) groups is 6. The zero-order chi connectivity index (χ0) is 33.6. The highest BCUT2D eigenvalue weighted by Crippen LogP contribution is 2.32. The molecule has 1 fully saturated rings. The van der Waals surface area contributed by atoms with E-state index in [1.807, 2.05) is 23.6 Å². The number of imide groups is 2. The SMILES string of the molecule is O=C1CCC(N2C(=O)c3cccc(NCCOCCNC(=O)c4ccc(C(=O)Nc5nc(-c6ccccn6)cs5)cc4)c3C2=O)C(=O)N1. The molecule has 0 saturated carbocycles. The van der Waals surface area contributed by atoms with Crippen molar-refractivity contribution in [2.24, 2.45) is 0 Å². The van der Waals surface area contributed by atoms with E-state index in [4.69, 9.17) is 4.74 Å². The van der Waals surface area contributed by atoms with Gasteiger partial charge in [-0.05, 0) is 55.0 Å². The van der Waals surface area contributed by atoms with Crippen LogP contribution >= 0.6 is 11.3 Å². The quantitative estimate of drug-likeness (QED) is 0.129. The van der Waals surface area contributed by atoms with Crippen molar-refractivity contribution in [2.75, 3.05) is 36.9 Å². The number of benzene rings is 2. The lowest BCUT2D eigenvalue weighted by Gasteiger charge is -2.27. The summed E-state index contributed by atoms with van der Waals surface area (Å²) in [6.07, 6.45) is 1.79. The van der Waals surface area contributed by atoms with Crippen LogP contribution in [0.25, 0.3) is 11.4 Å². The van der Waals surface area contributed by atoms with E-state index >= 15 is 0 Å². The number of anilines is 2. The number of thiazole rings is 1. The Hall–Kier alpha value is -5.80. The summed E-state index contributed by atoms with van der Waals surface area (Å²) in [5, 5.41) is 13.0. The zero-order valence-corrected chi connectivity index (χ0v) is 26.2. The largest absolute Gasteiger partial charge is 0.382 e. The number of nitrogens with one attached hydrogen (secondary N) is 4. The number of hydrogen-bond acceptors (Lipinski definition) is 11. The van der Waals surface area contributed by atoms with E-state index in [0.29, 0.717) is 39.9 Å². The van der Waals surface area contributed by atoms with Crippen LogP contribution in [0.1, 0.15) is 54.3 Å². The van der Waals surface area contributed by atoms with E-state index in [0.717, 1.165) is 4.90 Å². The van der Waals surface area contributed by atoms with Crippen LogP contribution in [-0.4, -0.2) is 82.7 Å². The van der Waals surface area contributed by atoms with Crippen molar-refractivity contribution in [2.45, 2.75) is 18.9 Å². The number of aromatic nitrogens is 2. The molecule has 4 N–H and O–H groups in total. The lowest BCUT2D eigenvalue weighted by Crippen LogP contribution is -2.54. The first kappa shape index (κ1) is 32.2. The average molecular weight is 668 g/mol. The molecular formula is C33H29N7O7S. The van der Waals surface area contributed by atoms with Crippen LogP contribution in [0, 0.1) is 0 Å². The summed E-state index contributed by atoms with van der Waals surface area (Å²) in [6, 6.07) is 15.5. The van der Waals surface area contributed by atoms with Crippen LogP contribution in [0.15, 0.2) is 72.2 Å². The third-order valence-electron chi connectivity index (χ3n) is 7.62. The van der Waals surface area contributed by atoms with Crippen LogP contribution in [0.4, 0.5) is 10.8 Å². The minimum atomic E-state index is -1.04. The number of ether oxygens (including phenoxy) is 1. The number of piperidine rings is 1. The standard InChI is InChI=1S/C33H29N7O7S/c41-26-12-11-25(30(44)38-26)40-31(45)21-4-3-6-23(27(21)32(40)46)35-14-16-47-17-15-36-28(42)19-7-9-20(10-8-19)29(43)39-33-37-24(18-48-33)22-5-1-2-13-34-22/h1-10,13,18,25,35H,11-12,14-17H2,(H,36,42)(H,37,39,43)(H,38,41,44). The summed E-state index contributed by atoms with van der Waals surface area (Å²) in [6.45, 7) is 0.998. The number of rotatable bonds is 12. The maximum atomic E-state index is 13.2. The van der Waals surface area contributed by atoms with Crippen molar-refractivity contribution in [3.05, 3.63) is 94.5 Å². The Morgan fingerprint density at radius 1 is 0.896 bits per heavy atom. The van der Waals surface area contributed by atoms with Gasteiger partial charge in [0.2, 0.25) is 11.8 Å². The summed E-state index contributed by atoms with van der Waals surface area (Å²) in [5.74, 6) is -2.96. The minimum Gasteiger partial charge on any atom is -0.382 e. The average Bonchev–Trinajstić information content (AvgIpc) is 3.67. The van der Waals surface area contributed by atoms with Crippen molar-refractivity contribution in [3.8, 4) is 11.4 Å². The van der Waals surface area contributed by atoms with Crippen molar-refractivity contribution in [1.82, 2.24) is 25.5 Å². The number of carbonyl (C=O) groups excluding carboxylic acids is 6. The van der Waals surface area contributed by atoms with E-state index in [1.54, 1.807) is 42.6 Å². The first-order valence-electron chi connectivity index (χ1n) is 15.0. The van der Waals surface area contributed by atoms with Gasteiger partial charge in [0.15, 0.2) is 5.13 Å². The maximum absolute atomic E-state index is 13.2. The number of amides is 6. The molecule has 2 aromatic heterocycles. The Morgan fingerprint density at radius 3 is 2.42 bits per heavy atom. The van der Waals surface area contributed by atoms with Gasteiger partial charge in [-0.25, -0.2) is 4.98 Å². The molecule has 0 aliphatic carbocycles. The molecule has 2 aromatic carbocycles. The molecule has 15 heteroatoms. The van der Waals surface area contributed by atoms with E-state index in [9.17, 15) is 28.8 Å². The van der Waals surface area contributed by atoms with Gasteiger partial charge < -0.3 is 15.4 Å². The van der Waals surface area contributed by atoms with Crippen molar-refractivity contribution in [3.63, 3.8) is 0 Å². The molecule has 0 bridgehead atoms. The van der Waals surface area contributed by atoms with Crippen molar-refractivity contribution in [1.29, 1.82) is 0 Å². The third-order valence-corrected chi connectivity index (χ3v) is 8.38. The van der Waals surface area contributed by atoms with Crippen LogP contribution in [0.3, 0.4) is 0 Å². The van der Waals surface area contributed by atoms with Gasteiger partial charge in [-0.1, -0.05) is 12.1 Å². The maximum Gasteiger partial charge on any atom is 0.264 e. The Labute approximate surface area is 277 Å². The van der Waals surface area contributed by atoms with Gasteiger partial charge in [-0.15, -0.1) is 11.3 Å². The second kappa shape index (κ2) is 14.3. The molecule has 1 unspecified atom stereocenters. The highest BCUT2D eigenvalue weighted by molar-refractivity contribution is 7.14.